The number of nitrogens with one attached hydrogen (secondary N) is 1. The van der Waals surface area contributed by atoms with E-state index < -0.39 is 0 Å². The van der Waals surface area contributed by atoms with Gasteiger partial charge in [0.15, 0.2) is 0 Å². The highest BCUT2D eigenvalue weighted by Crippen LogP contribution is 2.15. The van der Waals surface area contributed by atoms with Crippen LogP contribution in [0.25, 0.3) is 0 Å². The molecule has 0 atom stereocenters. The lowest BCUT2D eigenvalue weighted by Crippen LogP contribution is -2.27. The van der Waals surface area contributed by atoms with Crippen molar-refractivity contribution in [1.82, 2.24) is 5.32 Å². The van der Waals surface area contributed by atoms with E-state index in [1.807, 2.05) is 18.2 Å². The summed E-state index contributed by atoms with van der Waals surface area (Å²) in [6.45, 7) is 2.41. The minimum Gasteiger partial charge on any atom is -0.382 e. The predicted molar refractivity (Wildman–Crippen MR) is 75.5 cm³/mol. The highest BCUT2D eigenvalue weighted by atomic mass is 35.5. The number of methoxy groups -OCH3 is 1. The van der Waals surface area contributed by atoms with Crippen LogP contribution in [0.2, 0.25) is 5.02 Å². The van der Waals surface area contributed by atoms with Gasteiger partial charge in [0.2, 0.25) is 5.91 Å². The molecule has 5 heteroatoms. The van der Waals surface area contributed by atoms with Crippen molar-refractivity contribution in [2.24, 2.45) is 0 Å². The Balaban J connectivity index is 2.10. The Morgan fingerprint density at radius 2 is 2.05 bits per heavy atom. The third kappa shape index (κ3) is 7.15. The first kappa shape index (κ1) is 16.0. The van der Waals surface area contributed by atoms with Crippen LogP contribution in [0.1, 0.15) is 12.0 Å². The van der Waals surface area contributed by atoms with Crippen LogP contribution < -0.4 is 5.32 Å². The lowest BCUT2D eigenvalue weighted by Gasteiger charge is -2.07. The van der Waals surface area contributed by atoms with Gasteiger partial charge in [0.05, 0.1) is 19.6 Å². The predicted octanol–water partition coefficient (Wildman–Crippen LogP) is 2.05. The molecule has 0 aliphatic carbocycles. The molecule has 19 heavy (non-hydrogen) atoms. The van der Waals surface area contributed by atoms with Gasteiger partial charge >= 0.3 is 0 Å². The Kier molecular flexibility index (Phi) is 8.21. The zero-order chi connectivity index (χ0) is 13.9. The molecule has 0 aliphatic heterocycles. The van der Waals surface area contributed by atoms with Crippen molar-refractivity contribution in [2.75, 3.05) is 33.5 Å². The van der Waals surface area contributed by atoms with E-state index in [1.54, 1.807) is 13.2 Å². The number of hydrogen-bond acceptors (Lipinski definition) is 3. The molecule has 0 saturated carbocycles. The van der Waals surface area contributed by atoms with Gasteiger partial charge in [0, 0.05) is 25.3 Å². The molecule has 106 valence electrons. The summed E-state index contributed by atoms with van der Waals surface area (Å²) in [4.78, 5) is 11.7. The summed E-state index contributed by atoms with van der Waals surface area (Å²) in [5.74, 6) is -0.0232. The number of rotatable bonds is 9. The number of halogens is 1. The van der Waals surface area contributed by atoms with Crippen LogP contribution in [0.15, 0.2) is 24.3 Å². The number of carbonyl (C=O) groups is 1. The molecule has 1 rings (SSSR count). The molecule has 4 nitrogen and oxygen atoms in total. The van der Waals surface area contributed by atoms with E-state index in [2.05, 4.69) is 5.32 Å². The van der Waals surface area contributed by atoms with E-state index in [1.165, 1.54) is 0 Å². The van der Waals surface area contributed by atoms with Crippen molar-refractivity contribution >= 4 is 17.5 Å². The molecule has 1 aromatic rings. The van der Waals surface area contributed by atoms with E-state index >= 15 is 0 Å². The van der Waals surface area contributed by atoms with E-state index in [-0.39, 0.29) is 5.91 Å². The monoisotopic (exact) mass is 285 g/mol. The first-order chi connectivity index (χ1) is 9.24. The summed E-state index contributed by atoms with van der Waals surface area (Å²) in [5, 5.41) is 3.47. The molecule has 0 bridgehead atoms. The second-order valence-corrected chi connectivity index (χ2v) is 4.48. The second-order valence-electron chi connectivity index (χ2n) is 4.08. The van der Waals surface area contributed by atoms with Crippen molar-refractivity contribution < 1.29 is 14.3 Å². The summed E-state index contributed by atoms with van der Waals surface area (Å²) in [6.07, 6.45) is 1.10. The van der Waals surface area contributed by atoms with Crippen LogP contribution >= 0.6 is 11.6 Å². The Labute approximate surface area is 119 Å². The van der Waals surface area contributed by atoms with Gasteiger partial charge < -0.3 is 14.8 Å². The minimum absolute atomic E-state index is 0.0232. The quantitative estimate of drug-likeness (QED) is 0.707. The van der Waals surface area contributed by atoms with Crippen LogP contribution in [0.3, 0.4) is 0 Å². The van der Waals surface area contributed by atoms with Crippen molar-refractivity contribution in [1.29, 1.82) is 0 Å². The Bertz CT molecular complexity index is 385. The third-order valence-corrected chi connectivity index (χ3v) is 2.90. The Morgan fingerprint density at radius 3 is 2.79 bits per heavy atom. The molecule has 0 heterocycles. The lowest BCUT2D eigenvalue weighted by molar-refractivity contribution is -0.120. The average Bonchev–Trinajstić information content (AvgIpc) is 2.40. The first-order valence-corrected chi connectivity index (χ1v) is 6.68. The summed E-state index contributed by atoms with van der Waals surface area (Å²) in [6, 6.07) is 7.36. The minimum atomic E-state index is -0.0232. The van der Waals surface area contributed by atoms with Gasteiger partial charge in [-0.1, -0.05) is 29.8 Å². The van der Waals surface area contributed by atoms with Gasteiger partial charge in [-0.3, -0.25) is 4.79 Å². The highest BCUT2D eigenvalue weighted by Gasteiger charge is 2.05. The number of benzene rings is 1. The largest absolute Gasteiger partial charge is 0.382 e. The fourth-order valence-corrected chi connectivity index (χ4v) is 1.73. The number of amides is 1. The van der Waals surface area contributed by atoms with Crippen LogP contribution in [0.5, 0.6) is 0 Å². The summed E-state index contributed by atoms with van der Waals surface area (Å²) < 4.78 is 10.2. The molecule has 1 N–H and O–H groups in total. The summed E-state index contributed by atoms with van der Waals surface area (Å²) >= 11 is 5.99. The van der Waals surface area contributed by atoms with Crippen LogP contribution in [-0.4, -0.2) is 39.4 Å². The second kappa shape index (κ2) is 9.78. The van der Waals surface area contributed by atoms with E-state index in [0.717, 1.165) is 12.0 Å². The van der Waals surface area contributed by atoms with Crippen molar-refractivity contribution in [3.63, 3.8) is 0 Å². The molecule has 0 spiro atoms. The molecule has 0 aromatic heterocycles. The van der Waals surface area contributed by atoms with Gasteiger partial charge in [-0.25, -0.2) is 0 Å². The number of hydrogen-bond donors (Lipinski definition) is 1. The van der Waals surface area contributed by atoms with Crippen molar-refractivity contribution in [3.8, 4) is 0 Å². The molecular weight excluding hydrogens is 266 g/mol. The summed E-state index contributed by atoms with van der Waals surface area (Å²) in [7, 11) is 1.64. The van der Waals surface area contributed by atoms with E-state index in [4.69, 9.17) is 21.1 Å². The van der Waals surface area contributed by atoms with Crippen LogP contribution in [0.4, 0.5) is 0 Å². The number of carbonyl (C=O) groups excluding carboxylic acids is 1. The average molecular weight is 286 g/mol. The van der Waals surface area contributed by atoms with Crippen molar-refractivity contribution in [3.05, 3.63) is 34.9 Å². The van der Waals surface area contributed by atoms with Gasteiger partial charge in [-0.2, -0.15) is 0 Å². The maximum Gasteiger partial charge on any atom is 0.224 e. The van der Waals surface area contributed by atoms with Crippen LogP contribution in [0, 0.1) is 0 Å². The molecule has 0 saturated heterocycles. The van der Waals surface area contributed by atoms with Crippen molar-refractivity contribution in [2.45, 2.75) is 12.8 Å². The molecule has 0 unspecified atom stereocenters. The molecule has 0 radical (unpaired) electrons. The Morgan fingerprint density at radius 1 is 1.26 bits per heavy atom. The van der Waals surface area contributed by atoms with Gasteiger partial charge in [-0.05, 0) is 18.1 Å². The molecular formula is C14H20ClNO3. The zero-order valence-corrected chi connectivity index (χ0v) is 11.9. The summed E-state index contributed by atoms with van der Waals surface area (Å²) in [5.41, 5.74) is 0.845. The standard InChI is InChI=1S/C14H20ClNO3/c1-18-9-10-19-8-4-7-16-14(17)11-12-5-2-3-6-13(12)15/h2-3,5-6H,4,7-11H2,1H3,(H,16,17). The van der Waals surface area contributed by atoms with Gasteiger partial charge in [0.25, 0.3) is 0 Å². The highest BCUT2D eigenvalue weighted by molar-refractivity contribution is 6.31. The van der Waals surface area contributed by atoms with Gasteiger partial charge in [0.1, 0.15) is 0 Å². The smallest absolute Gasteiger partial charge is 0.224 e. The zero-order valence-electron chi connectivity index (χ0n) is 11.2. The third-order valence-electron chi connectivity index (χ3n) is 2.53. The lowest BCUT2D eigenvalue weighted by atomic mass is 10.1. The maximum absolute atomic E-state index is 11.7. The topological polar surface area (TPSA) is 47.6 Å². The van der Waals surface area contributed by atoms with Crippen LogP contribution in [-0.2, 0) is 20.7 Å². The van der Waals surface area contributed by atoms with E-state index in [9.17, 15) is 4.79 Å². The first-order valence-electron chi connectivity index (χ1n) is 6.31. The Hall–Kier alpha value is -1.10. The normalized spacial score (nSPS) is 10.4. The fraction of sp³-hybridized carbons (Fsp3) is 0.500. The fourth-order valence-electron chi connectivity index (χ4n) is 1.52. The van der Waals surface area contributed by atoms with Gasteiger partial charge in [-0.15, -0.1) is 0 Å². The molecule has 0 aliphatic rings. The number of ether oxygens (including phenoxy) is 2. The molecule has 1 amide bonds. The molecule has 1 aromatic carbocycles. The SMILES string of the molecule is COCCOCCCNC(=O)Cc1ccccc1Cl. The van der Waals surface area contributed by atoms with E-state index in [0.29, 0.717) is 37.8 Å². The maximum atomic E-state index is 11.7. The molecule has 0 fully saturated rings.